The second-order valence-electron chi connectivity index (χ2n) is 3.50. The Bertz CT molecular complexity index is 384. The minimum atomic E-state index is -0.00921. The molecule has 0 aliphatic carbocycles. The Morgan fingerprint density at radius 2 is 2.19 bits per heavy atom. The van der Waals surface area contributed by atoms with Crippen LogP contribution < -0.4 is 5.73 Å². The van der Waals surface area contributed by atoms with Gasteiger partial charge in [-0.15, -0.1) is 0 Å². The van der Waals surface area contributed by atoms with E-state index in [-0.39, 0.29) is 5.91 Å². The lowest BCUT2D eigenvalue weighted by Gasteiger charge is -2.16. The van der Waals surface area contributed by atoms with Crippen molar-refractivity contribution < 1.29 is 4.79 Å². The van der Waals surface area contributed by atoms with Crippen molar-refractivity contribution in [2.45, 2.75) is 6.54 Å². The van der Waals surface area contributed by atoms with Crippen molar-refractivity contribution in [2.24, 2.45) is 5.73 Å². The maximum Gasteiger partial charge on any atom is 0.253 e. The minimum Gasteiger partial charge on any atom is -0.341 e. The molecule has 1 aromatic rings. The number of nitrogens with zero attached hydrogens (tertiary/aromatic N) is 1. The molecule has 1 amide bonds. The Labute approximate surface area is 110 Å². The summed E-state index contributed by atoms with van der Waals surface area (Å²) in [6, 6.07) is 5.54. The van der Waals surface area contributed by atoms with E-state index in [1.807, 2.05) is 12.1 Å². The van der Waals surface area contributed by atoms with Gasteiger partial charge >= 0.3 is 0 Å². The van der Waals surface area contributed by atoms with Crippen LogP contribution >= 0.6 is 28.6 Å². The van der Waals surface area contributed by atoms with Gasteiger partial charge in [0.1, 0.15) is 0 Å². The van der Waals surface area contributed by atoms with E-state index in [9.17, 15) is 4.79 Å². The number of halogens is 1. The van der Waals surface area contributed by atoms with Gasteiger partial charge in [0.25, 0.3) is 5.91 Å². The van der Waals surface area contributed by atoms with E-state index in [0.717, 1.165) is 10.0 Å². The van der Waals surface area contributed by atoms with Crippen LogP contribution in [0.25, 0.3) is 0 Å². The lowest BCUT2D eigenvalue weighted by molar-refractivity contribution is 0.0803. The van der Waals surface area contributed by atoms with Crippen LogP contribution in [0.5, 0.6) is 0 Å². The molecular weight excluding hydrogens is 288 g/mol. The van der Waals surface area contributed by atoms with Crippen molar-refractivity contribution in [3.63, 3.8) is 0 Å². The summed E-state index contributed by atoms with van der Waals surface area (Å²) < 4.78 is 0.873. The Morgan fingerprint density at radius 3 is 2.75 bits per heavy atom. The van der Waals surface area contributed by atoms with Crippen molar-refractivity contribution in [1.82, 2.24) is 4.90 Å². The van der Waals surface area contributed by atoms with Gasteiger partial charge in [-0.05, 0) is 23.8 Å². The van der Waals surface area contributed by atoms with E-state index >= 15 is 0 Å². The SMILES string of the molecule is CN(CCS)C(=O)c1cc(Br)cc(CN)c1. The first kappa shape index (κ1) is 13.5. The number of rotatable bonds is 4. The highest BCUT2D eigenvalue weighted by Crippen LogP contribution is 2.16. The van der Waals surface area contributed by atoms with Gasteiger partial charge in [-0.25, -0.2) is 0 Å². The van der Waals surface area contributed by atoms with Crippen molar-refractivity contribution in [1.29, 1.82) is 0 Å². The number of hydrogen-bond donors (Lipinski definition) is 2. The molecule has 0 fully saturated rings. The second-order valence-corrected chi connectivity index (χ2v) is 4.87. The molecule has 0 aliphatic rings. The first-order chi connectivity index (χ1) is 7.58. The van der Waals surface area contributed by atoms with E-state index in [1.165, 1.54) is 0 Å². The zero-order chi connectivity index (χ0) is 12.1. The van der Waals surface area contributed by atoms with Gasteiger partial charge in [0.05, 0.1) is 0 Å². The van der Waals surface area contributed by atoms with Gasteiger partial charge in [-0.3, -0.25) is 4.79 Å². The summed E-state index contributed by atoms with van der Waals surface area (Å²) in [5.41, 5.74) is 7.16. The monoisotopic (exact) mass is 302 g/mol. The van der Waals surface area contributed by atoms with E-state index in [4.69, 9.17) is 5.73 Å². The Kier molecular flexibility index (Phi) is 5.31. The van der Waals surface area contributed by atoms with Crippen LogP contribution in [-0.2, 0) is 6.54 Å². The van der Waals surface area contributed by atoms with Gasteiger partial charge < -0.3 is 10.6 Å². The van der Waals surface area contributed by atoms with Crippen molar-refractivity contribution in [3.05, 3.63) is 33.8 Å². The van der Waals surface area contributed by atoms with E-state index in [2.05, 4.69) is 28.6 Å². The number of nitrogens with two attached hydrogens (primary N) is 1. The third-order valence-electron chi connectivity index (χ3n) is 2.22. The zero-order valence-corrected chi connectivity index (χ0v) is 11.6. The molecule has 16 heavy (non-hydrogen) atoms. The summed E-state index contributed by atoms with van der Waals surface area (Å²) in [6.45, 7) is 1.06. The highest BCUT2D eigenvalue weighted by Gasteiger charge is 2.12. The molecule has 0 saturated heterocycles. The number of thiol groups is 1. The number of carbonyl (C=O) groups excluding carboxylic acids is 1. The highest BCUT2D eigenvalue weighted by molar-refractivity contribution is 9.10. The summed E-state index contributed by atoms with van der Waals surface area (Å²) in [5.74, 6) is 0.644. The smallest absolute Gasteiger partial charge is 0.253 e. The van der Waals surface area contributed by atoms with E-state index < -0.39 is 0 Å². The van der Waals surface area contributed by atoms with Gasteiger partial charge in [0, 0.05) is 35.9 Å². The largest absolute Gasteiger partial charge is 0.341 e. The van der Waals surface area contributed by atoms with Crippen LogP contribution in [-0.4, -0.2) is 30.2 Å². The van der Waals surface area contributed by atoms with Crippen LogP contribution in [0.15, 0.2) is 22.7 Å². The molecule has 5 heteroatoms. The minimum absolute atomic E-state index is 0.00921. The van der Waals surface area contributed by atoms with Gasteiger partial charge in [0.15, 0.2) is 0 Å². The quantitative estimate of drug-likeness (QED) is 0.835. The van der Waals surface area contributed by atoms with Crippen LogP contribution in [0.3, 0.4) is 0 Å². The first-order valence-corrected chi connectivity index (χ1v) is 6.37. The second kappa shape index (κ2) is 6.27. The molecule has 0 radical (unpaired) electrons. The summed E-state index contributed by atoms with van der Waals surface area (Å²) in [4.78, 5) is 13.6. The fourth-order valence-electron chi connectivity index (χ4n) is 1.36. The molecule has 0 saturated carbocycles. The molecular formula is C11H15BrN2OS. The molecule has 0 heterocycles. The normalized spacial score (nSPS) is 10.2. The van der Waals surface area contributed by atoms with Crippen LogP contribution in [0, 0.1) is 0 Å². The zero-order valence-electron chi connectivity index (χ0n) is 9.11. The molecule has 88 valence electrons. The standard InChI is InChI=1S/C11H15BrN2OS/c1-14(2-3-16)11(15)9-4-8(7-13)5-10(12)6-9/h4-6,16H,2-3,7,13H2,1H3. The van der Waals surface area contributed by atoms with Crippen LogP contribution in [0.4, 0.5) is 0 Å². The number of benzene rings is 1. The molecule has 3 nitrogen and oxygen atoms in total. The predicted octanol–water partition coefficient (Wildman–Crippen LogP) is 1.91. The summed E-state index contributed by atoms with van der Waals surface area (Å²) in [5, 5.41) is 0. The van der Waals surface area contributed by atoms with Gasteiger partial charge in [0.2, 0.25) is 0 Å². The molecule has 0 atom stereocenters. The highest BCUT2D eigenvalue weighted by atomic mass is 79.9. The van der Waals surface area contributed by atoms with Crippen LogP contribution in [0.2, 0.25) is 0 Å². The van der Waals surface area contributed by atoms with E-state index in [0.29, 0.717) is 24.4 Å². The third-order valence-corrected chi connectivity index (χ3v) is 2.88. The number of hydrogen-bond acceptors (Lipinski definition) is 3. The Balaban J connectivity index is 2.94. The van der Waals surface area contributed by atoms with Crippen molar-refractivity contribution in [3.8, 4) is 0 Å². The van der Waals surface area contributed by atoms with Gasteiger partial charge in [-0.2, -0.15) is 12.6 Å². The van der Waals surface area contributed by atoms with Crippen molar-refractivity contribution in [2.75, 3.05) is 19.3 Å². The third kappa shape index (κ3) is 3.50. The molecule has 1 rings (SSSR count). The Hall–Kier alpha value is -0.520. The number of carbonyl (C=O) groups is 1. The summed E-state index contributed by atoms with van der Waals surface area (Å²) in [6.07, 6.45) is 0. The van der Waals surface area contributed by atoms with E-state index in [1.54, 1.807) is 18.0 Å². The predicted molar refractivity (Wildman–Crippen MR) is 72.8 cm³/mol. The van der Waals surface area contributed by atoms with Gasteiger partial charge in [-0.1, -0.05) is 15.9 Å². The molecule has 0 bridgehead atoms. The molecule has 0 aromatic heterocycles. The fraction of sp³-hybridized carbons (Fsp3) is 0.364. The molecule has 0 spiro atoms. The van der Waals surface area contributed by atoms with Crippen molar-refractivity contribution >= 4 is 34.5 Å². The maximum absolute atomic E-state index is 12.0. The number of amides is 1. The first-order valence-electron chi connectivity index (χ1n) is 4.94. The molecule has 0 aliphatic heterocycles. The Morgan fingerprint density at radius 1 is 1.50 bits per heavy atom. The molecule has 1 aromatic carbocycles. The summed E-state index contributed by atoms with van der Waals surface area (Å²) >= 11 is 7.47. The average molecular weight is 303 g/mol. The fourth-order valence-corrected chi connectivity index (χ4v) is 2.20. The maximum atomic E-state index is 12.0. The topological polar surface area (TPSA) is 46.3 Å². The lowest BCUT2D eigenvalue weighted by atomic mass is 10.1. The lowest BCUT2D eigenvalue weighted by Crippen LogP contribution is -2.28. The molecule has 2 N–H and O–H groups in total. The average Bonchev–Trinajstić information content (AvgIpc) is 2.27. The summed E-state index contributed by atoms with van der Waals surface area (Å²) in [7, 11) is 1.77. The van der Waals surface area contributed by atoms with Crippen LogP contribution in [0.1, 0.15) is 15.9 Å². The molecule has 0 unspecified atom stereocenters.